The molecule has 1 aromatic rings. The zero-order chi connectivity index (χ0) is 14.9. The predicted molar refractivity (Wildman–Crippen MR) is 64.3 cm³/mol. The first-order chi connectivity index (χ1) is 9.38. The van der Waals surface area contributed by atoms with Crippen LogP contribution in [0.15, 0.2) is 18.2 Å². The summed E-state index contributed by atoms with van der Waals surface area (Å²) in [6.07, 6.45) is -2.35. The maximum absolute atomic E-state index is 13.2. The number of halogens is 4. The second-order valence-electron chi connectivity index (χ2n) is 4.87. The predicted octanol–water partition coefficient (Wildman–Crippen LogP) is 1.87. The molecular formula is C13H14F4N2O. The van der Waals surface area contributed by atoms with Crippen LogP contribution in [0.1, 0.15) is 17.9 Å². The Bertz CT molecular complexity index is 509. The summed E-state index contributed by atoms with van der Waals surface area (Å²) in [5.74, 6) is -2.97. The molecule has 0 spiro atoms. The first kappa shape index (κ1) is 14.8. The highest BCUT2D eigenvalue weighted by Crippen LogP contribution is 2.32. The summed E-state index contributed by atoms with van der Waals surface area (Å²) in [6.45, 7) is -0.392. The molecule has 0 radical (unpaired) electrons. The van der Waals surface area contributed by atoms with Crippen LogP contribution in [0.2, 0.25) is 0 Å². The van der Waals surface area contributed by atoms with Crippen LogP contribution >= 0.6 is 0 Å². The Balaban J connectivity index is 2.18. The van der Waals surface area contributed by atoms with E-state index in [2.05, 4.69) is 0 Å². The number of hydrogen-bond donors (Lipinski definition) is 1. The number of alkyl halides is 2. The van der Waals surface area contributed by atoms with E-state index in [4.69, 9.17) is 5.73 Å². The van der Waals surface area contributed by atoms with Crippen LogP contribution in [0.5, 0.6) is 0 Å². The summed E-state index contributed by atoms with van der Waals surface area (Å²) in [7, 11) is 0. The lowest BCUT2D eigenvalue weighted by molar-refractivity contribution is -0.122. The second kappa shape index (κ2) is 5.78. The number of amides is 1. The van der Waals surface area contributed by atoms with Gasteiger partial charge in [0.25, 0.3) is 6.43 Å². The van der Waals surface area contributed by atoms with E-state index in [-0.39, 0.29) is 18.9 Å². The normalized spacial score (nSPS) is 23.4. The van der Waals surface area contributed by atoms with Gasteiger partial charge in [-0.2, -0.15) is 0 Å². The molecule has 1 saturated heterocycles. The van der Waals surface area contributed by atoms with Crippen LogP contribution in [0.3, 0.4) is 0 Å². The zero-order valence-corrected chi connectivity index (χ0v) is 10.5. The summed E-state index contributed by atoms with van der Waals surface area (Å²) in [5.41, 5.74) is 5.68. The largest absolute Gasteiger partial charge is 0.368 e. The fourth-order valence-electron chi connectivity index (χ4n) is 2.59. The van der Waals surface area contributed by atoms with Crippen molar-refractivity contribution in [3.63, 3.8) is 0 Å². The van der Waals surface area contributed by atoms with Gasteiger partial charge in [-0.25, -0.2) is 17.6 Å². The third kappa shape index (κ3) is 3.09. The average Bonchev–Trinajstić information content (AvgIpc) is 2.76. The number of hydrogen-bond acceptors (Lipinski definition) is 2. The van der Waals surface area contributed by atoms with Gasteiger partial charge >= 0.3 is 0 Å². The molecule has 1 amide bonds. The van der Waals surface area contributed by atoms with Gasteiger partial charge in [0.1, 0.15) is 0 Å². The first-order valence-electron chi connectivity index (χ1n) is 6.15. The molecule has 1 unspecified atom stereocenters. The van der Waals surface area contributed by atoms with Gasteiger partial charge in [0, 0.05) is 6.54 Å². The third-order valence-corrected chi connectivity index (χ3v) is 3.52. The monoisotopic (exact) mass is 290 g/mol. The molecule has 0 saturated carbocycles. The van der Waals surface area contributed by atoms with Crippen LogP contribution in [-0.2, 0) is 4.79 Å². The molecule has 2 N–H and O–H groups in total. The van der Waals surface area contributed by atoms with Gasteiger partial charge in [0.2, 0.25) is 5.91 Å². The lowest BCUT2D eigenvalue weighted by atomic mass is 9.96. The Kier molecular flexibility index (Phi) is 4.27. The first-order valence-corrected chi connectivity index (χ1v) is 6.15. The van der Waals surface area contributed by atoms with E-state index in [0.717, 1.165) is 12.1 Å². The molecule has 0 aliphatic carbocycles. The van der Waals surface area contributed by atoms with E-state index in [1.165, 1.54) is 11.0 Å². The van der Waals surface area contributed by atoms with Crippen molar-refractivity contribution < 1.29 is 22.4 Å². The van der Waals surface area contributed by atoms with Crippen molar-refractivity contribution in [1.29, 1.82) is 0 Å². The molecule has 1 fully saturated rings. The fourth-order valence-corrected chi connectivity index (χ4v) is 2.59. The van der Waals surface area contributed by atoms with Crippen LogP contribution in [-0.4, -0.2) is 36.4 Å². The van der Waals surface area contributed by atoms with Gasteiger partial charge in [0.15, 0.2) is 11.6 Å². The van der Waals surface area contributed by atoms with Crippen molar-refractivity contribution in [2.75, 3.05) is 13.1 Å². The van der Waals surface area contributed by atoms with Crippen molar-refractivity contribution in [3.8, 4) is 0 Å². The summed E-state index contributed by atoms with van der Waals surface area (Å²) in [5, 5.41) is 0. The quantitative estimate of drug-likeness (QED) is 0.861. The van der Waals surface area contributed by atoms with Crippen LogP contribution in [0, 0.1) is 11.6 Å². The molecule has 1 aliphatic heterocycles. The standard InChI is InChI=1S/C13H14F4N2O/c14-9-2-1-7(3-10(9)15)8-4-11(13(18)20)19(5-8)6-12(16)17/h1-3,8,11-12H,4-6H2,(H2,18,20)/t8-,11?/m0/s1. The molecule has 7 heteroatoms. The fraction of sp³-hybridized carbons (Fsp3) is 0.462. The number of nitrogens with zero attached hydrogens (tertiary/aromatic N) is 1. The highest BCUT2D eigenvalue weighted by atomic mass is 19.3. The van der Waals surface area contributed by atoms with Gasteiger partial charge in [-0.05, 0) is 30.0 Å². The van der Waals surface area contributed by atoms with E-state index in [1.54, 1.807) is 0 Å². The van der Waals surface area contributed by atoms with Crippen molar-refractivity contribution >= 4 is 5.91 Å². The number of likely N-dealkylation sites (tertiary alicyclic amines) is 1. The van der Waals surface area contributed by atoms with Crippen molar-refractivity contribution in [3.05, 3.63) is 35.4 Å². The summed E-state index contributed by atoms with van der Waals surface area (Å²) >= 11 is 0. The Labute approximate surface area is 113 Å². The molecule has 0 bridgehead atoms. The van der Waals surface area contributed by atoms with Crippen LogP contribution < -0.4 is 5.73 Å². The minimum absolute atomic E-state index is 0.170. The molecule has 1 heterocycles. The molecule has 0 aromatic heterocycles. The van der Waals surface area contributed by atoms with E-state index in [0.29, 0.717) is 5.56 Å². The number of nitrogens with two attached hydrogens (primary N) is 1. The molecule has 2 rings (SSSR count). The molecule has 2 atom stereocenters. The lowest BCUT2D eigenvalue weighted by Gasteiger charge is -2.20. The van der Waals surface area contributed by atoms with Crippen molar-refractivity contribution in [2.24, 2.45) is 5.73 Å². The van der Waals surface area contributed by atoms with Gasteiger partial charge in [0.05, 0.1) is 12.6 Å². The van der Waals surface area contributed by atoms with E-state index in [9.17, 15) is 22.4 Å². The maximum Gasteiger partial charge on any atom is 0.251 e. The van der Waals surface area contributed by atoms with Gasteiger partial charge in [-0.15, -0.1) is 0 Å². The average molecular weight is 290 g/mol. The molecule has 3 nitrogen and oxygen atoms in total. The smallest absolute Gasteiger partial charge is 0.251 e. The van der Waals surface area contributed by atoms with E-state index < -0.39 is 36.6 Å². The lowest BCUT2D eigenvalue weighted by Crippen LogP contribution is -2.42. The number of rotatable bonds is 4. The Morgan fingerprint density at radius 1 is 1.35 bits per heavy atom. The highest BCUT2D eigenvalue weighted by Gasteiger charge is 2.37. The maximum atomic E-state index is 13.2. The van der Waals surface area contributed by atoms with Gasteiger partial charge in [-0.1, -0.05) is 6.07 Å². The number of carbonyl (C=O) groups excluding carboxylic acids is 1. The molecular weight excluding hydrogens is 276 g/mol. The Hall–Kier alpha value is -1.63. The number of benzene rings is 1. The molecule has 1 aromatic carbocycles. The molecule has 1 aliphatic rings. The highest BCUT2D eigenvalue weighted by molar-refractivity contribution is 5.80. The summed E-state index contributed by atoms with van der Waals surface area (Å²) in [6, 6.07) is 2.61. The summed E-state index contributed by atoms with van der Waals surface area (Å²) in [4.78, 5) is 12.6. The van der Waals surface area contributed by atoms with Crippen molar-refractivity contribution in [2.45, 2.75) is 24.8 Å². The van der Waals surface area contributed by atoms with E-state index in [1.807, 2.05) is 0 Å². The zero-order valence-electron chi connectivity index (χ0n) is 10.5. The van der Waals surface area contributed by atoms with Gasteiger partial charge < -0.3 is 5.73 Å². The van der Waals surface area contributed by atoms with Crippen LogP contribution in [0.25, 0.3) is 0 Å². The summed E-state index contributed by atoms with van der Waals surface area (Å²) < 4.78 is 51.0. The number of carbonyl (C=O) groups is 1. The van der Waals surface area contributed by atoms with Crippen LogP contribution in [0.4, 0.5) is 17.6 Å². The molecule has 110 valence electrons. The van der Waals surface area contributed by atoms with E-state index >= 15 is 0 Å². The molecule has 20 heavy (non-hydrogen) atoms. The van der Waals surface area contributed by atoms with Gasteiger partial charge in [-0.3, -0.25) is 9.69 Å². The minimum Gasteiger partial charge on any atom is -0.368 e. The minimum atomic E-state index is -2.58. The second-order valence-corrected chi connectivity index (χ2v) is 4.87. The number of primary amides is 1. The third-order valence-electron chi connectivity index (χ3n) is 3.52. The Morgan fingerprint density at radius 3 is 2.60 bits per heavy atom. The van der Waals surface area contributed by atoms with Crippen molar-refractivity contribution in [1.82, 2.24) is 4.90 Å². The Morgan fingerprint density at radius 2 is 2.05 bits per heavy atom. The topological polar surface area (TPSA) is 46.3 Å². The SMILES string of the molecule is NC(=O)C1C[C@H](c2ccc(F)c(F)c2)CN1CC(F)F.